The molecular weight excluding hydrogens is 784 g/mol. The molecule has 0 aromatic rings. The van der Waals surface area contributed by atoms with Crippen molar-refractivity contribution in [1.29, 1.82) is 0 Å². The molecule has 0 aromatic heterocycles. The van der Waals surface area contributed by atoms with E-state index >= 15 is 0 Å². The molecule has 4 unspecified atom stereocenters. The van der Waals surface area contributed by atoms with Crippen molar-refractivity contribution in [3.8, 4) is 0 Å². The number of allylic oxidation sites excluding steroid dienone is 12. The van der Waals surface area contributed by atoms with Crippen LogP contribution >= 0.6 is 7.82 Å². The molecular formula is C51H94N2O7P+. The first-order valence-electron chi connectivity index (χ1n) is 24.4. The van der Waals surface area contributed by atoms with Gasteiger partial charge in [-0.25, -0.2) is 4.57 Å². The second kappa shape index (κ2) is 41.9. The van der Waals surface area contributed by atoms with Crippen LogP contribution in [0.3, 0.4) is 0 Å². The van der Waals surface area contributed by atoms with E-state index in [2.05, 4.69) is 92.1 Å². The number of likely N-dealkylation sites (N-methyl/N-ethyl adjacent to an activating group) is 1. The van der Waals surface area contributed by atoms with Crippen LogP contribution in [-0.2, 0) is 18.4 Å². The predicted octanol–water partition coefficient (Wildman–Crippen LogP) is 12.9. The first kappa shape index (κ1) is 58.9. The topological polar surface area (TPSA) is 125 Å². The lowest BCUT2D eigenvalue weighted by molar-refractivity contribution is -0.870. The maximum atomic E-state index is 12.9. The number of hydrogen-bond acceptors (Lipinski definition) is 6. The summed E-state index contributed by atoms with van der Waals surface area (Å²) in [5.41, 5.74) is 0. The molecule has 1 amide bonds. The SMILES string of the molecule is CC/C=C\C/C=C\C/C=C\C/C=C\CCCCCCCCCCCCCCC(=O)NC(COP(=O)(O)OCC[N+](C)(C)C)C(O)C(O)CCC/C=C/CC/C=C/CCCCC. The Balaban J connectivity index is 4.36. The number of unbranched alkanes of at least 4 members (excludes halogenated alkanes) is 17. The summed E-state index contributed by atoms with van der Waals surface area (Å²) in [5.74, 6) is -0.278. The molecule has 4 N–H and O–H groups in total. The van der Waals surface area contributed by atoms with E-state index in [0.29, 0.717) is 30.3 Å². The lowest BCUT2D eigenvalue weighted by atomic mass is 10.0. The zero-order valence-corrected chi connectivity index (χ0v) is 40.6. The van der Waals surface area contributed by atoms with Crippen LogP contribution < -0.4 is 5.32 Å². The smallest absolute Gasteiger partial charge is 0.390 e. The van der Waals surface area contributed by atoms with E-state index in [0.717, 1.165) is 70.6 Å². The molecule has 9 nitrogen and oxygen atoms in total. The van der Waals surface area contributed by atoms with Crippen molar-refractivity contribution in [1.82, 2.24) is 5.32 Å². The van der Waals surface area contributed by atoms with Gasteiger partial charge in [0.25, 0.3) is 0 Å². The Hall–Kier alpha value is -2.10. The summed E-state index contributed by atoms with van der Waals surface area (Å²) in [4.78, 5) is 23.2. The van der Waals surface area contributed by atoms with Gasteiger partial charge in [-0.3, -0.25) is 13.8 Å². The molecule has 0 rings (SSSR count). The number of phosphoric ester groups is 1. The van der Waals surface area contributed by atoms with Gasteiger partial charge in [0.1, 0.15) is 19.3 Å². The summed E-state index contributed by atoms with van der Waals surface area (Å²) < 4.78 is 23.5. The molecule has 0 radical (unpaired) electrons. The largest absolute Gasteiger partial charge is 0.472 e. The summed E-state index contributed by atoms with van der Waals surface area (Å²) in [6.45, 7) is 4.42. The van der Waals surface area contributed by atoms with Gasteiger partial charge in [0, 0.05) is 6.42 Å². The van der Waals surface area contributed by atoms with Gasteiger partial charge in [-0.05, 0) is 89.9 Å². The van der Waals surface area contributed by atoms with Crippen LogP contribution in [0.1, 0.15) is 187 Å². The number of aliphatic hydroxyl groups excluding tert-OH is 2. The third kappa shape index (κ3) is 43.0. The Morgan fingerprint density at radius 2 is 1.03 bits per heavy atom. The van der Waals surface area contributed by atoms with E-state index in [1.54, 1.807) is 0 Å². The van der Waals surface area contributed by atoms with Crippen LogP contribution in [0, 0.1) is 0 Å². The van der Waals surface area contributed by atoms with Crippen molar-refractivity contribution in [2.24, 2.45) is 0 Å². The number of rotatable bonds is 43. The molecule has 10 heteroatoms. The van der Waals surface area contributed by atoms with Crippen LogP contribution in [-0.4, -0.2) is 84.6 Å². The molecule has 61 heavy (non-hydrogen) atoms. The molecule has 0 aromatic carbocycles. The first-order valence-corrected chi connectivity index (χ1v) is 25.9. The van der Waals surface area contributed by atoms with Crippen molar-refractivity contribution in [2.75, 3.05) is 40.9 Å². The molecule has 0 heterocycles. The van der Waals surface area contributed by atoms with E-state index in [1.807, 2.05) is 21.1 Å². The molecule has 0 spiro atoms. The zero-order valence-electron chi connectivity index (χ0n) is 39.7. The molecule has 0 aliphatic carbocycles. The summed E-state index contributed by atoms with van der Waals surface area (Å²) >= 11 is 0. The summed E-state index contributed by atoms with van der Waals surface area (Å²) in [6.07, 6.45) is 52.6. The van der Waals surface area contributed by atoms with Gasteiger partial charge in [0.2, 0.25) is 5.91 Å². The first-order chi connectivity index (χ1) is 29.4. The normalized spacial score (nSPS) is 15.3. The standard InChI is InChI=1S/C51H93N2O7P/c1-6-8-10-12-14-16-18-20-21-22-23-24-25-26-27-28-29-30-31-32-34-36-38-40-42-44-50(55)52-48(47-60-61(57,58)59-46-45-53(3,4)5)51(56)49(54)43-41-39-37-35-33-19-17-15-13-11-9-7-2/h8,10,14-17,20-21,23-24,35,37,48-49,51,54,56H,6-7,9,11-13,18-19,22,25-34,36,38-47H2,1-5H3,(H-,52,55,57,58)/p+1/b10-8-,16-14-,17-15+,21-20-,24-23-,37-35+. The molecule has 4 atom stereocenters. The fourth-order valence-corrected chi connectivity index (χ4v) is 7.36. The molecule has 354 valence electrons. The van der Waals surface area contributed by atoms with Crippen LogP contribution in [0.2, 0.25) is 0 Å². The van der Waals surface area contributed by atoms with E-state index in [1.165, 1.54) is 77.0 Å². The van der Waals surface area contributed by atoms with Gasteiger partial charge < -0.3 is 24.9 Å². The molecule has 0 bridgehead atoms. The van der Waals surface area contributed by atoms with Crippen LogP contribution in [0.15, 0.2) is 72.9 Å². The number of carbonyl (C=O) groups is 1. The number of amides is 1. The number of nitrogens with zero attached hydrogens (tertiary/aromatic N) is 1. The van der Waals surface area contributed by atoms with Crippen molar-refractivity contribution in [3.05, 3.63) is 72.9 Å². The third-order valence-corrected chi connectivity index (χ3v) is 11.5. The summed E-state index contributed by atoms with van der Waals surface area (Å²) in [7, 11) is 1.40. The van der Waals surface area contributed by atoms with Crippen molar-refractivity contribution in [3.63, 3.8) is 0 Å². The fourth-order valence-electron chi connectivity index (χ4n) is 6.62. The van der Waals surface area contributed by atoms with Gasteiger partial charge in [-0.15, -0.1) is 0 Å². The highest BCUT2D eigenvalue weighted by Gasteiger charge is 2.31. The Morgan fingerprint density at radius 1 is 0.590 bits per heavy atom. The average Bonchev–Trinajstić information content (AvgIpc) is 3.21. The molecule has 0 fully saturated rings. The summed E-state index contributed by atoms with van der Waals surface area (Å²) in [6, 6.07) is -1.06. The van der Waals surface area contributed by atoms with Crippen molar-refractivity contribution in [2.45, 2.75) is 205 Å². The molecule has 0 aliphatic heterocycles. The number of nitrogens with one attached hydrogen (secondary N) is 1. The van der Waals surface area contributed by atoms with Gasteiger partial charge in [0.15, 0.2) is 0 Å². The van der Waals surface area contributed by atoms with Crippen molar-refractivity contribution >= 4 is 13.7 Å². The van der Waals surface area contributed by atoms with E-state index < -0.39 is 32.7 Å². The second-order valence-corrected chi connectivity index (χ2v) is 19.0. The maximum Gasteiger partial charge on any atom is 0.472 e. The van der Waals surface area contributed by atoms with Gasteiger partial charge in [-0.1, -0.05) is 164 Å². The van der Waals surface area contributed by atoms with Gasteiger partial charge in [-0.2, -0.15) is 0 Å². The lowest BCUT2D eigenvalue weighted by Gasteiger charge is -2.28. The van der Waals surface area contributed by atoms with Crippen LogP contribution in [0.5, 0.6) is 0 Å². The number of quaternary nitrogens is 1. The molecule has 0 saturated carbocycles. The van der Waals surface area contributed by atoms with Crippen molar-refractivity contribution < 1.29 is 38.0 Å². The highest BCUT2D eigenvalue weighted by molar-refractivity contribution is 7.47. The Morgan fingerprint density at radius 3 is 1.56 bits per heavy atom. The number of carbonyl (C=O) groups excluding carboxylic acids is 1. The minimum absolute atomic E-state index is 0.0104. The Bertz CT molecular complexity index is 1240. The fraction of sp³-hybridized carbons (Fsp3) is 0.745. The van der Waals surface area contributed by atoms with E-state index in [-0.39, 0.29) is 18.9 Å². The minimum Gasteiger partial charge on any atom is -0.390 e. The number of phosphoric acid groups is 1. The summed E-state index contributed by atoms with van der Waals surface area (Å²) in [5, 5.41) is 24.7. The van der Waals surface area contributed by atoms with E-state index in [9.17, 15) is 24.5 Å². The van der Waals surface area contributed by atoms with Crippen LogP contribution in [0.4, 0.5) is 0 Å². The Kier molecular flexibility index (Phi) is 40.4. The third-order valence-electron chi connectivity index (χ3n) is 10.5. The monoisotopic (exact) mass is 878 g/mol. The highest BCUT2D eigenvalue weighted by Crippen LogP contribution is 2.43. The molecule has 0 saturated heterocycles. The van der Waals surface area contributed by atoms with E-state index in [4.69, 9.17) is 9.05 Å². The average molecular weight is 878 g/mol. The second-order valence-electron chi connectivity index (χ2n) is 17.6. The number of aliphatic hydroxyl groups is 2. The van der Waals surface area contributed by atoms with Gasteiger partial charge >= 0.3 is 7.82 Å². The highest BCUT2D eigenvalue weighted by atomic mass is 31.2. The number of hydrogen-bond donors (Lipinski definition) is 4. The van der Waals surface area contributed by atoms with Gasteiger partial charge in [0.05, 0.1) is 39.9 Å². The molecule has 0 aliphatic rings. The zero-order chi connectivity index (χ0) is 45.1. The minimum atomic E-state index is -4.43. The quantitative estimate of drug-likeness (QED) is 0.0208. The maximum absolute atomic E-state index is 12.9. The lowest BCUT2D eigenvalue weighted by Crippen LogP contribution is -2.51. The predicted molar refractivity (Wildman–Crippen MR) is 259 cm³/mol. The Labute approximate surface area is 375 Å². The van der Waals surface area contributed by atoms with Crippen LogP contribution in [0.25, 0.3) is 0 Å².